The molecule has 2 heterocycles. The van der Waals surface area contributed by atoms with Crippen LogP contribution in [-0.2, 0) is 0 Å². The molecule has 1 aromatic carbocycles. The fraction of sp³-hybridized carbons (Fsp3) is 0.550. The molecule has 2 aliphatic rings. The number of benzene rings is 1. The third kappa shape index (κ3) is 3.44. The topological polar surface area (TPSA) is 77.2 Å². The number of carbonyl (C=O) groups excluding carboxylic acids is 1. The number of aryl methyl sites for hydroxylation is 1. The number of hydrogen-bond acceptors (Lipinski definition) is 3. The van der Waals surface area contributed by atoms with E-state index in [0.29, 0.717) is 17.5 Å². The van der Waals surface area contributed by atoms with Crippen molar-refractivity contribution in [3.63, 3.8) is 0 Å². The molecular formula is C20H27N3O2. The van der Waals surface area contributed by atoms with Gasteiger partial charge in [0.05, 0.1) is 6.10 Å². The summed E-state index contributed by atoms with van der Waals surface area (Å²) in [5.74, 6) is 0.863. The van der Waals surface area contributed by atoms with Gasteiger partial charge in [-0.1, -0.05) is 11.6 Å². The lowest BCUT2D eigenvalue weighted by Gasteiger charge is -2.43. The summed E-state index contributed by atoms with van der Waals surface area (Å²) < 4.78 is 0. The Hall–Kier alpha value is -1.85. The van der Waals surface area contributed by atoms with Crippen molar-refractivity contribution in [3.05, 3.63) is 35.5 Å². The highest BCUT2D eigenvalue weighted by atomic mass is 16.3. The Morgan fingerprint density at radius 1 is 1.20 bits per heavy atom. The van der Waals surface area contributed by atoms with Crippen LogP contribution in [-0.4, -0.2) is 41.2 Å². The summed E-state index contributed by atoms with van der Waals surface area (Å²) in [6.45, 7) is 4.08. The molecule has 0 bridgehead atoms. The maximum atomic E-state index is 12.9. The van der Waals surface area contributed by atoms with E-state index < -0.39 is 0 Å². The molecule has 0 radical (unpaired) electrons. The van der Waals surface area contributed by atoms with Gasteiger partial charge in [0.15, 0.2) is 0 Å². The van der Waals surface area contributed by atoms with E-state index in [4.69, 9.17) is 0 Å². The molecule has 2 aromatic rings. The number of carbonyl (C=O) groups is 1. The van der Waals surface area contributed by atoms with E-state index in [2.05, 4.69) is 28.6 Å². The number of amides is 1. The predicted molar refractivity (Wildman–Crippen MR) is 98.6 cm³/mol. The van der Waals surface area contributed by atoms with E-state index in [0.717, 1.165) is 49.7 Å². The van der Waals surface area contributed by atoms with Crippen LogP contribution in [0.25, 0.3) is 10.9 Å². The van der Waals surface area contributed by atoms with Gasteiger partial charge in [-0.3, -0.25) is 4.79 Å². The van der Waals surface area contributed by atoms with Crippen LogP contribution in [0.5, 0.6) is 0 Å². The second-order valence-electron chi connectivity index (χ2n) is 7.75. The fourth-order valence-corrected chi connectivity index (χ4v) is 4.35. The molecule has 1 saturated carbocycles. The Labute approximate surface area is 148 Å². The van der Waals surface area contributed by atoms with Crippen LogP contribution in [0.1, 0.15) is 41.7 Å². The van der Waals surface area contributed by atoms with Crippen molar-refractivity contribution in [2.24, 2.45) is 11.8 Å². The highest BCUT2D eigenvalue weighted by Gasteiger charge is 2.39. The second-order valence-corrected chi connectivity index (χ2v) is 7.75. The van der Waals surface area contributed by atoms with E-state index in [9.17, 15) is 9.90 Å². The Kier molecular flexibility index (Phi) is 4.52. The molecule has 1 aliphatic carbocycles. The summed E-state index contributed by atoms with van der Waals surface area (Å²) in [6.07, 6.45) is 3.59. The van der Waals surface area contributed by atoms with Crippen LogP contribution < -0.4 is 10.6 Å². The van der Waals surface area contributed by atoms with Crippen molar-refractivity contribution in [1.29, 1.82) is 0 Å². The molecule has 1 unspecified atom stereocenters. The van der Waals surface area contributed by atoms with Crippen LogP contribution in [0.15, 0.2) is 24.3 Å². The molecule has 0 spiro atoms. The lowest BCUT2D eigenvalue weighted by molar-refractivity contribution is 0.00914. The van der Waals surface area contributed by atoms with Crippen LogP contribution in [0, 0.1) is 18.8 Å². The summed E-state index contributed by atoms with van der Waals surface area (Å²) >= 11 is 0. The number of aliphatic hydroxyl groups excluding tert-OH is 1. The van der Waals surface area contributed by atoms with Crippen molar-refractivity contribution in [2.75, 3.05) is 13.1 Å². The van der Waals surface area contributed by atoms with Crippen LogP contribution in [0.3, 0.4) is 0 Å². The first-order valence-corrected chi connectivity index (χ1v) is 9.39. The third-order valence-electron chi connectivity index (χ3n) is 5.87. The van der Waals surface area contributed by atoms with Gasteiger partial charge in [0.1, 0.15) is 5.69 Å². The molecule has 1 saturated heterocycles. The molecule has 1 aromatic heterocycles. The zero-order valence-electron chi connectivity index (χ0n) is 14.7. The second kappa shape index (κ2) is 6.81. The first-order chi connectivity index (χ1) is 12.1. The Morgan fingerprint density at radius 2 is 1.96 bits per heavy atom. The van der Waals surface area contributed by atoms with Gasteiger partial charge in [-0.15, -0.1) is 0 Å². The summed E-state index contributed by atoms with van der Waals surface area (Å²) in [5.41, 5.74) is 2.81. The Morgan fingerprint density at radius 3 is 2.68 bits per heavy atom. The van der Waals surface area contributed by atoms with Gasteiger partial charge in [0.25, 0.3) is 5.91 Å². The van der Waals surface area contributed by atoms with E-state index >= 15 is 0 Å². The zero-order chi connectivity index (χ0) is 17.4. The summed E-state index contributed by atoms with van der Waals surface area (Å²) in [7, 11) is 0. The van der Waals surface area contributed by atoms with Crippen molar-refractivity contribution in [2.45, 2.75) is 44.8 Å². The van der Waals surface area contributed by atoms with E-state index in [1.165, 1.54) is 5.56 Å². The third-order valence-corrected chi connectivity index (χ3v) is 5.87. The quantitative estimate of drug-likeness (QED) is 0.689. The van der Waals surface area contributed by atoms with Crippen molar-refractivity contribution >= 4 is 16.8 Å². The molecule has 1 aliphatic heterocycles. The molecule has 4 N–H and O–H groups in total. The largest absolute Gasteiger partial charge is 0.393 e. The summed E-state index contributed by atoms with van der Waals surface area (Å²) in [4.78, 5) is 16.1. The van der Waals surface area contributed by atoms with Gasteiger partial charge < -0.3 is 20.7 Å². The zero-order valence-corrected chi connectivity index (χ0v) is 14.7. The normalized spacial score (nSPS) is 25.5. The van der Waals surface area contributed by atoms with E-state index in [-0.39, 0.29) is 18.1 Å². The summed E-state index contributed by atoms with van der Waals surface area (Å²) in [5, 5.41) is 17.5. The van der Waals surface area contributed by atoms with Crippen molar-refractivity contribution < 1.29 is 9.90 Å². The van der Waals surface area contributed by atoms with Gasteiger partial charge >= 0.3 is 0 Å². The van der Waals surface area contributed by atoms with Crippen LogP contribution in [0.4, 0.5) is 0 Å². The maximum absolute atomic E-state index is 12.9. The molecule has 1 atom stereocenters. The molecule has 1 amide bonds. The van der Waals surface area contributed by atoms with Gasteiger partial charge in [-0.05, 0) is 75.7 Å². The van der Waals surface area contributed by atoms with Crippen molar-refractivity contribution in [1.82, 2.24) is 15.6 Å². The average molecular weight is 341 g/mol. The van der Waals surface area contributed by atoms with Gasteiger partial charge in [-0.25, -0.2) is 0 Å². The van der Waals surface area contributed by atoms with Gasteiger partial charge in [-0.2, -0.15) is 0 Å². The number of aliphatic hydroxyl groups is 1. The highest BCUT2D eigenvalue weighted by molar-refractivity contribution is 5.98. The number of piperidine rings is 1. The number of aromatic nitrogens is 1. The predicted octanol–water partition coefficient (Wildman–Crippen LogP) is 2.35. The molecule has 4 rings (SSSR count). The number of rotatable bonds is 4. The molecule has 5 nitrogen and oxygen atoms in total. The number of nitrogens with one attached hydrogen (secondary N) is 3. The molecule has 5 heteroatoms. The minimum Gasteiger partial charge on any atom is -0.393 e. The summed E-state index contributed by atoms with van der Waals surface area (Å²) in [6, 6.07) is 8.26. The average Bonchev–Trinajstić information content (AvgIpc) is 3.01. The Bertz CT molecular complexity index is 757. The van der Waals surface area contributed by atoms with E-state index in [1.807, 2.05) is 18.2 Å². The van der Waals surface area contributed by atoms with Crippen LogP contribution in [0.2, 0.25) is 0 Å². The van der Waals surface area contributed by atoms with E-state index in [1.54, 1.807) is 0 Å². The minimum absolute atomic E-state index is 0.0289. The van der Waals surface area contributed by atoms with Gasteiger partial charge in [0.2, 0.25) is 0 Å². The molecular weight excluding hydrogens is 314 g/mol. The Balaban J connectivity index is 1.52. The SMILES string of the molecule is Cc1ccc2[nH]c(C(=O)NC(C3CCNCC3)C3CC(O)C3)cc2c1. The lowest BCUT2D eigenvalue weighted by atomic mass is 9.71. The highest BCUT2D eigenvalue weighted by Crippen LogP contribution is 2.36. The first kappa shape index (κ1) is 16.6. The fourth-order valence-electron chi connectivity index (χ4n) is 4.35. The lowest BCUT2D eigenvalue weighted by Crippen LogP contribution is -2.52. The number of H-pyrrole nitrogens is 1. The maximum Gasteiger partial charge on any atom is 0.267 e. The standard InChI is InChI=1S/C20H27N3O2/c1-12-2-3-17-14(8-12)11-18(22-17)20(25)23-19(15-9-16(24)10-15)13-4-6-21-7-5-13/h2-3,8,11,13,15-16,19,21-22,24H,4-7,9-10H2,1H3,(H,23,25). The van der Waals surface area contributed by atoms with Crippen LogP contribution >= 0.6 is 0 Å². The van der Waals surface area contributed by atoms with Crippen molar-refractivity contribution in [3.8, 4) is 0 Å². The number of fused-ring (bicyclic) bond motifs is 1. The minimum atomic E-state index is -0.192. The number of aromatic amines is 1. The molecule has 134 valence electrons. The smallest absolute Gasteiger partial charge is 0.267 e. The molecule has 25 heavy (non-hydrogen) atoms. The monoisotopic (exact) mass is 341 g/mol. The first-order valence-electron chi connectivity index (χ1n) is 9.39. The van der Waals surface area contributed by atoms with Gasteiger partial charge in [0, 0.05) is 16.9 Å². The molecule has 2 fully saturated rings. The number of hydrogen-bond donors (Lipinski definition) is 4.